The molecule has 1 saturated heterocycles. The zero-order chi connectivity index (χ0) is 21.8. The van der Waals surface area contributed by atoms with Gasteiger partial charge in [0.05, 0.1) is 27.6 Å². The third-order valence-corrected chi connectivity index (χ3v) is 6.46. The van der Waals surface area contributed by atoms with Crippen LogP contribution in [0.15, 0.2) is 47.8 Å². The number of nitrogens with zero attached hydrogens (tertiary/aromatic N) is 4. The van der Waals surface area contributed by atoms with E-state index in [0.29, 0.717) is 26.1 Å². The summed E-state index contributed by atoms with van der Waals surface area (Å²) >= 11 is 1.48. The topological polar surface area (TPSA) is 70.5 Å². The molecule has 1 N–H and O–H groups in total. The number of aryl methyl sites for hydroxylation is 1. The maximum atomic E-state index is 12.6. The van der Waals surface area contributed by atoms with Crippen LogP contribution in [-0.2, 0) is 4.79 Å². The lowest BCUT2D eigenvalue weighted by Gasteiger charge is -2.34. The van der Waals surface area contributed by atoms with Crippen molar-refractivity contribution in [3.8, 4) is 5.69 Å². The molecule has 2 amide bonds. The first-order valence-corrected chi connectivity index (χ1v) is 11.4. The predicted molar refractivity (Wildman–Crippen MR) is 123 cm³/mol. The van der Waals surface area contributed by atoms with Gasteiger partial charge in [-0.15, -0.1) is 11.3 Å². The van der Waals surface area contributed by atoms with Crippen molar-refractivity contribution in [2.24, 2.45) is 0 Å². The van der Waals surface area contributed by atoms with Gasteiger partial charge in [0.2, 0.25) is 5.91 Å². The van der Waals surface area contributed by atoms with Crippen LogP contribution in [0.5, 0.6) is 0 Å². The molecule has 3 heterocycles. The van der Waals surface area contributed by atoms with E-state index in [1.165, 1.54) is 11.3 Å². The van der Waals surface area contributed by atoms with E-state index >= 15 is 0 Å². The summed E-state index contributed by atoms with van der Waals surface area (Å²) in [6, 6.07) is 13.7. The van der Waals surface area contributed by atoms with Gasteiger partial charge in [0.15, 0.2) is 0 Å². The van der Waals surface area contributed by atoms with Crippen molar-refractivity contribution in [1.82, 2.24) is 19.6 Å². The molecular weight excluding hydrogens is 410 g/mol. The molecule has 4 rings (SSSR count). The molecule has 1 fully saturated rings. The molecule has 0 unspecified atom stereocenters. The Morgan fingerprint density at radius 1 is 1.03 bits per heavy atom. The molecule has 1 aromatic carbocycles. The van der Waals surface area contributed by atoms with Gasteiger partial charge in [-0.25, -0.2) is 4.68 Å². The fraction of sp³-hybridized carbons (Fsp3) is 0.348. The molecule has 0 spiro atoms. The van der Waals surface area contributed by atoms with Crippen molar-refractivity contribution in [2.45, 2.75) is 20.3 Å². The predicted octanol–water partition coefficient (Wildman–Crippen LogP) is 3.34. The van der Waals surface area contributed by atoms with Crippen molar-refractivity contribution in [3.05, 3.63) is 64.1 Å². The highest BCUT2D eigenvalue weighted by atomic mass is 32.1. The van der Waals surface area contributed by atoms with Crippen LogP contribution in [-0.4, -0.2) is 64.1 Å². The third-order valence-electron chi connectivity index (χ3n) is 5.60. The van der Waals surface area contributed by atoms with E-state index in [1.54, 1.807) is 0 Å². The maximum Gasteiger partial charge on any atom is 0.264 e. The SMILES string of the molecule is Cc1nn(-c2ccccc2)c(C)c1NC(=O)CCN1CCN(C(=O)c2cccs2)CC1. The lowest BCUT2D eigenvalue weighted by molar-refractivity contribution is -0.116. The number of carbonyl (C=O) groups excluding carboxylic acids is 2. The van der Waals surface area contributed by atoms with Crippen molar-refractivity contribution >= 4 is 28.8 Å². The quantitative estimate of drug-likeness (QED) is 0.642. The Morgan fingerprint density at radius 2 is 1.77 bits per heavy atom. The summed E-state index contributed by atoms with van der Waals surface area (Å²) in [5.41, 5.74) is 3.46. The monoisotopic (exact) mass is 437 g/mol. The normalized spacial score (nSPS) is 14.6. The number of anilines is 1. The van der Waals surface area contributed by atoms with Gasteiger partial charge in [-0.3, -0.25) is 14.5 Å². The zero-order valence-corrected chi connectivity index (χ0v) is 18.7. The Hall–Kier alpha value is -2.97. The second-order valence-electron chi connectivity index (χ2n) is 7.70. The fourth-order valence-corrected chi connectivity index (χ4v) is 4.53. The van der Waals surface area contributed by atoms with Crippen LogP contribution in [0.25, 0.3) is 5.69 Å². The summed E-state index contributed by atoms with van der Waals surface area (Å²) in [5.74, 6) is 0.0877. The second-order valence-corrected chi connectivity index (χ2v) is 8.65. The van der Waals surface area contributed by atoms with Crippen molar-refractivity contribution < 1.29 is 9.59 Å². The smallest absolute Gasteiger partial charge is 0.264 e. The molecule has 2 aromatic heterocycles. The van der Waals surface area contributed by atoms with Gasteiger partial charge in [0.1, 0.15) is 0 Å². The minimum absolute atomic E-state index is 0.0177. The Labute approximate surface area is 186 Å². The van der Waals surface area contributed by atoms with Crippen LogP contribution in [0.4, 0.5) is 5.69 Å². The van der Waals surface area contributed by atoms with Crippen LogP contribution in [0.1, 0.15) is 27.5 Å². The molecule has 0 aliphatic carbocycles. The van der Waals surface area contributed by atoms with Gasteiger partial charge in [-0.05, 0) is 37.4 Å². The average molecular weight is 438 g/mol. The average Bonchev–Trinajstić information content (AvgIpc) is 3.43. The molecule has 0 radical (unpaired) electrons. The van der Waals surface area contributed by atoms with Crippen LogP contribution in [0.3, 0.4) is 0 Å². The van der Waals surface area contributed by atoms with Crippen molar-refractivity contribution in [3.63, 3.8) is 0 Å². The van der Waals surface area contributed by atoms with Crippen molar-refractivity contribution in [1.29, 1.82) is 0 Å². The summed E-state index contributed by atoms with van der Waals surface area (Å²) in [5, 5.41) is 9.55. The van der Waals surface area contributed by atoms with Gasteiger partial charge in [0.25, 0.3) is 5.91 Å². The third kappa shape index (κ3) is 4.86. The Kier molecular flexibility index (Phi) is 6.48. The van der Waals surface area contributed by atoms with Crippen LogP contribution in [0.2, 0.25) is 0 Å². The summed E-state index contributed by atoms with van der Waals surface area (Å²) < 4.78 is 1.86. The van der Waals surface area contributed by atoms with Gasteiger partial charge in [-0.2, -0.15) is 5.10 Å². The molecule has 31 heavy (non-hydrogen) atoms. The molecule has 3 aromatic rings. The molecule has 0 atom stereocenters. The fourth-order valence-electron chi connectivity index (χ4n) is 3.84. The minimum Gasteiger partial charge on any atom is -0.335 e. The number of thiophene rings is 1. The van der Waals surface area contributed by atoms with Crippen LogP contribution < -0.4 is 5.32 Å². The first-order valence-electron chi connectivity index (χ1n) is 10.5. The zero-order valence-electron chi connectivity index (χ0n) is 17.9. The summed E-state index contributed by atoms with van der Waals surface area (Å²) in [7, 11) is 0. The number of hydrogen-bond acceptors (Lipinski definition) is 5. The van der Waals surface area contributed by atoms with E-state index in [1.807, 2.05) is 71.3 Å². The molecule has 162 valence electrons. The molecular formula is C23H27N5O2S. The summed E-state index contributed by atoms with van der Waals surface area (Å²) in [6.45, 7) is 7.51. The number of benzene rings is 1. The lowest BCUT2D eigenvalue weighted by atomic mass is 10.2. The highest BCUT2D eigenvalue weighted by Crippen LogP contribution is 2.23. The van der Waals surface area contributed by atoms with Crippen molar-refractivity contribution in [2.75, 3.05) is 38.0 Å². The number of carbonyl (C=O) groups is 2. The molecule has 1 aliphatic heterocycles. The number of piperazine rings is 1. The van der Waals surface area contributed by atoms with E-state index in [2.05, 4.69) is 15.3 Å². The minimum atomic E-state index is -0.0177. The molecule has 8 heteroatoms. The molecule has 0 saturated carbocycles. The van der Waals surface area contributed by atoms with Gasteiger partial charge in [0, 0.05) is 39.1 Å². The highest BCUT2D eigenvalue weighted by molar-refractivity contribution is 7.12. The molecule has 7 nitrogen and oxygen atoms in total. The van der Waals surface area contributed by atoms with Gasteiger partial charge < -0.3 is 10.2 Å². The number of para-hydroxylation sites is 1. The van der Waals surface area contributed by atoms with E-state index in [4.69, 9.17) is 0 Å². The summed E-state index contributed by atoms with van der Waals surface area (Å²) in [6.07, 6.45) is 0.411. The number of nitrogens with one attached hydrogen (secondary N) is 1. The molecule has 0 bridgehead atoms. The van der Waals surface area contributed by atoms with Gasteiger partial charge in [-0.1, -0.05) is 24.3 Å². The number of amides is 2. The van der Waals surface area contributed by atoms with E-state index < -0.39 is 0 Å². The van der Waals surface area contributed by atoms with Gasteiger partial charge >= 0.3 is 0 Å². The first-order chi connectivity index (χ1) is 15.0. The molecule has 1 aliphatic rings. The van der Waals surface area contributed by atoms with E-state index in [0.717, 1.165) is 40.7 Å². The first kappa shape index (κ1) is 21.3. The lowest BCUT2D eigenvalue weighted by Crippen LogP contribution is -2.49. The number of rotatable bonds is 6. The van der Waals surface area contributed by atoms with Crippen LogP contribution in [0, 0.1) is 13.8 Å². The Bertz CT molecular complexity index is 1040. The Balaban J connectivity index is 1.28. The number of aromatic nitrogens is 2. The maximum absolute atomic E-state index is 12.6. The standard InChI is InChI=1S/C23H27N5O2S/c1-17-22(18(2)28(25-17)19-7-4-3-5-8-19)24-21(29)10-11-26-12-14-27(15-13-26)23(30)20-9-6-16-31-20/h3-9,16H,10-15H2,1-2H3,(H,24,29). The second kappa shape index (κ2) is 9.45. The largest absolute Gasteiger partial charge is 0.335 e. The summed E-state index contributed by atoms with van der Waals surface area (Å²) in [4.78, 5) is 30.0. The van der Waals surface area contributed by atoms with E-state index in [9.17, 15) is 9.59 Å². The highest BCUT2D eigenvalue weighted by Gasteiger charge is 2.23. The van der Waals surface area contributed by atoms with Crippen LogP contribution >= 0.6 is 11.3 Å². The van der Waals surface area contributed by atoms with E-state index in [-0.39, 0.29) is 11.8 Å². The Morgan fingerprint density at radius 3 is 2.45 bits per heavy atom. The number of hydrogen-bond donors (Lipinski definition) is 1.